The number of β-amino-alcohol motifs (C(OH)–C–C–N with tert-alkyl or cyclic N) is 1. The number of para-hydroxylation sites is 1. The minimum atomic E-state index is -0.524. The Morgan fingerprint density at radius 1 is 1.20 bits per heavy atom. The van der Waals surface area contributed by atoms with Crippen LogP contribution in [0.1, 0.15) is 26.7 Å². The number of hydrogen-bond donors (Lipinski definition) is 2. The summed E-state index contributed by atoms with van der Waals surface area (Å²) in [4.78, 5) is 18.8. The summed E-state index contributed by atoms with van der Waals surface area (Å²) in [6.07, 6.45) is 9.23. The molecule has 192 valence electrons. The molecule has 1 atom stereocenters. The number of aliphatic hydroxyl groups excluding tert-OH is 1. The van der Waals surface area contributed by atoms with Gasteiger partial charge in [-0.2, -0.15) is 0 Å². The van der Waals surface area contributed by atoms with E-state index >= 15 is 0 Å². The fourth-order valence-corrected chi connectivity index (χ4v) is 4.56. The molecule has 1 saturated heterocycles. The highest BCUT2D eigenvalue weighted by atomic mass is 19.1. The highest BCUT2D eigenvalue weighted by molar-refractivity contribution is 5.76. The van der Waals surface area contributed by atoms with Crippen molar-refractivity contribution in [1.82, 2.24) is 15.1 Å². The van der Waals surface area contributed by atoms with Crippen molar-refractivity contribution in [2.45, 2.75) is 32.8 Å². The van der Waals surface area contributed by atoms with Crippen LogP contribution < -0.4 is 15.0 Å². The predicted octanol–water partition coefficient (Wildman–Crippen LogP) is 3.57. The lowest BCUT2D eigenvalue weighted by atomic mass is 10.1. The molecule has 0 saturated carbocycles. The van der Waals surface area contributed by atoms with Gasteiger partial charge in [0.1, 0.15) is 0 Å². The monoisotopic (exact) mass is 486 g/mol. The lowest BCUT2D eigenvalue weighted by Gasteiger charge is -2.37. The molecule has 1 unspecified atom stereocenters. The molecule has 0 aliphatic carbocycles. The van der Waals surface area contributed by atoms with Gasteiger partial charge < -0.3 is 25.0 Å². The number of aliphatic hydroxyl groups is 1. The largest absolute Gasteiger partial charge is 0.492 e. The van der Waals surface area contributed by atoms with E-state index in [1.54, 1.807) is 11.0 Å². The van der Waals surface area contributed by atoms with E-state index in [2.05, 4.69) is 40.3 Å². The van der Waals surface area contributed by atoms with Crippen molar-refractivity contribution in [2.24, 2.45) is 0 Å². The molecule has 2 aliphatic rings. The zero-order chi connectivity index (χ0) is 25.2. The van der Waals surface area contributed by atoms with E-state index < -0.39 is 6.10 Å². The second kappa shape index (κ2) is 13.3. The van der Waals surface area contributed by atoms with Crippen molar-refractivity contribution in [3.63, 3.8) is 0 Å². The second-order valence-electron chi connectivity index (χ2n) is 8.97. The number of nitrogens with one attached hydrogen (secondary N) is 1. The summed E-state index contributed by atoms with van der Waals surface area (Å²) in [6.45, 7) is 9.25. The van der Waals surface area contributed by atoms with Gasteiger partial charge in [-0.05, 0) is 43.0 Å². The number of halogens is 1. The molecular weight excluding hydrogens is 447 g/mol. The summed E-state index contributed by atoms with van der Waals surface area (Å²) < 4.78 is 19.3. The van der Waals surface area contributed by atoms with Crippen LogP contribution in [0.25, 0.3) is 0 Å². The van der Waals surface area contributed by atoms with Crippen LogP contribution >= 0.6 is 0 Å². The first-order chi connectivity index (χ1) is 17.0. The van der Waals surface area contributed by atoms with Gasteiger partial charge in [-0.3, -0.25) is 4.90 Å². The van der Waals surface area contributed by atoms with Crippen molar-refractivity contribution < 1.29 is 19.0 Å². The number of piperazine rings is 1. The first-order valence-corrected chi connectivity index (χ1v) is 12.5. The van der Waals surface area contributed by atoms with Crippen molar-refractivity contribution >= 4 is 11.7 Å². The van der Waals surface area contributed by atoms with Crippen LogP contribution in [0.15, 0.2) is 53.6 Å². The Bertz CT molecular complexity index is 938. The quantitative estimate of drug-likeness (QED) is 0.529. The Balaban J connectivity index is 1.38. The van der Waals surface area contributed by atoms with Gasteiger partial charge >= 0.3 is 6.03 Å². The molecule has 1 aromatic carbocycles. The molecule has 1 fully saturated rings. The lowest BCUT2D eigenvalue weighted by Crippen LogP contribution is -2.49. The van der Waals surface area contributed by atoms with Crippen LogP contribution in [-0.2, 0) is 0 Å². The minimum Gasteiger partial charge on any atom is -0.492 e. The molecular formula is C27H39FN4O3. The van der Waals surface area contributed by atoms with Gasteiger partial charge in [0.15, 0.2) is 11.6 Å². The molecule has 0 aromatic heterocycles. The number of hydrogen-bond acceptors (Lipinski definition) is 5. The van der Waals surface area contributed by atoms with Crippen LogP contribution in [0, 0.1) is 5.82 Å². The normalized spacial score (nSPS) is 18.2. The summed E-state index contributed by atoms with van der Waals surface area (Å²) in [7, 11) is 1.48. The maximum Gasteiger partial charge on any atom is 0.318 e. The summed E-state index contributed by atoms with van der Waals surface area (Å²) in [6, 6.07) is 4.86. The Hall–Kier alpha value is -2.84. The topological polar surface area (TPSA) is 68.3 Å². The number of carbonyl (C=O) groups excluding carboxylic acids is 1. The van der Waals surface area contributed by atoms with E-state index in [1.807, 2.05) is 19.1 Å². The third kappa shape index (κ3) is 7.32. The van der Waals surface area contributed by atoms with E-state index in [-0.39, 0.29) is 17.6 Å². The number of nitrogens with zero attached hydrogens (tertiary/aromatic N) is 3. The number of urea groups is 1. The molecule has 1 aromatic rings. The standard InChI is InChI=1S/C27H39FN4O3/c1-4-6-9-22-19-32(18-21(22)8-5-2)27(34)29-13-12-23(33)20-30-14-16-31(17-15-30)25-11-7-10-24(28)26(25)35-3/h5-11,23,33H,4,12-20H2,1-3H3,(H,29,34)/b8-5-,9-6+. The maximum absolute atomic E-state index is 14.0. The van der Waals surface area contributed by atoms with Crippen molar-refractivity contribution in [1.29, 1.82) is 0 Å². The van der Waals surface area contributed by atoms with E-state index in [4.69, 9.17) is 4.74 Å². The average molecular weight is 487 g/mol. The predicted molar refractivity (Wildman–Crippen MR) is 138 cm³/mol. The van der Waals surface area contributed by atoms with Gasteiger partial charge in [-0.25, -0.2) is 9.18 Å². The number of rotatable bonds is 10. The van der Waals surface area contributed by atoms with Crippen LogP contribution in [0.5, 0.6) is 5.75 Å². The van der Waals surface area contributed by atoms with Gasteiger partial charge in [0.2, 0.25) is 0 Å². The first kappa shape index (κ1) is 26.8. The van der Waals surface area contributed by atoms with Gasteiger partial charge in [0, 0.05) is 52.4 Å². The molecule has 0 radical (unpaired) electrons. The lowest BCUT2D eigenvalue weighted by molar-refractivity contribution is 0.102. The van der Waals surface area contributed by atoms with Crippen LogP contribution in [0.4, 0.5) is 14.9 Å². The Morgan fingerprint density at radius 2 is 1.91 bits per heavy atom. The first-order valence-electron chi connectivity index (χ1n) is 12.5. The van der Waals surface area contributed by atoms with Crippen molar-refractivity contribution in [2.75, 3.05) is 64.4 Å². The molecule has 2 aliphatic heterocycles. The van der Waals surface area contributed by atoms with E-state index in [1.165, 1.54) is 24.3 Å². The Kier molecular flexibility index (Phi) is 10.2. The SMILES string of the molecule is C/C=C\C1=C(/C=C/CC)CN(C(=O)NCCC(O)CN2CCN(c3cccc(F)c3OC)CC2)C1. The van der Waals surface area contributed by atoms with Gasteiger partial charge in [0.05, 0.1) is 18.9 Å². The number of allylic oxidation sites excluding steroid dienone is 2. The molecule has 0 bridgehead atoms. The van der Waals surface area contributed by atoms with Crippen LogP contribution in [0.2, 0.25) is 0 Å². The van der Waals surface area contributed by atoms with Crippen LogP contribution in [-0.4, -0.2) is 86.5 Å². The molecule has 2 N–H and O–H groups in total. The number of benzene rings is 1. The summed E-state index contributed by atoms with van der Waals surface area (Å²) in [5.41, 5.74) is 3.11. The number of carbonyl (C=O) groups is 1. The molecule has 0 spiro atoms. The fourth-order valence-electron chi connectivity index (χ4n) is 4.56. The molecule has 35 heavy (non-hydrogen) atoms. The molecule has 2 heterocycles. The van der Waals surface area contributed by atoms with Crippen molar-refractivity contribution in [3.05, 3.63) is 59.5 Å². The van der Waals surface area contributed by atoms with E-state index in [0.29, 0.717) is 32.6 Å². The van der Waals surface area contributed by atoms with Gasteiger partial charge in [-0.1, -0.05) is 37.3 Å². The third-order valence-electron chi connectivity index (χ3n) is 6.43. The molecule has 8 heteroatoms. The van der Waals surface area contributed by atoms with E-state index in [0.717, 1.165) is 38.3 Å². The number of ether oxygens (including phenoxy) is 1. The Labute approximate surface area is 208 Å². The maximum atomic E-state index is 14.0. The van der Waals surface area contributed by atoms with Crippen LogP contribution in [0.3, 0.4) is 0 Å². The minimum absolute atomic E-state index is 0.100. The Morgan fingerprint density at radius 3 is 2.57 bits per heavy atom. The van der Waals surface area contributed by atoms with Gasteiger partial charge in [-0.15, -0.1) is 0 Å². The molecule has 3 rings (SSSR count). The van der Waals surface area contributed by atoms with E-state index in [9.17, 15) is 14.3 Å². The zero-order valence-electron chi connectivity index (χ0n) is 21.2. The third-order valence-corrected chi connectivity index (χ3v) is 6.43. The smallest absolute Gasteiger partial charge is 0.318 e. The summed E-state index contributed by atoms with van der Waals surface area (Å²) >= 11 is 0. The average Bonchev–Trinajstić information content (AvgIpc) is 3.26. The number of anilines is 1. The highest BCUT2D eigenvalue weighted by Crippen LogP contribution is 2.31. The molecule has 2 amide bonds. The number of methoxy groups -OCH3 is 1. The van der Waals surface area contributed by atoms with Crippen molar-refractivity contribution in [3.8, 4) is 5.75 Å². The molecule has 7 nitrogen and oxygen atoms in total. The summed E-state index contributed by atoms with van der Waals surface area (Å²) in [5.74, 6) is -0.0856. The fraction of sp³-hybridized carbons (Fsp3) is 0.519. The van der Waals surface area contributed by atoms with Gasteiger partial charge in [0.25, 0.3) is 0 Å². The zero-order valence-corrected chi connectivity index (χ0v) is 21.2. The summed E-state index contributed by atoms with van der Waals surface area (Å²) in [5, 5.41) is 13.5. The number of amides is 2. The highest BCUT2D eigenvalue weighted by Gasteiger charge is 2.24. The second-order valence-corrected chi connectivity index (χ2v) is 8.97.